The largest absolute Gasteiger partial charge is 0.481 e. The maximum absolute atomic E-state index is 10.3. The molecule has 0 spiro atoms. The Morgan fingerprint density at radius 3 is 2.53 bits per heavy atom. The minimum absolute atomic E-state index is 0.181. The lowest BCUT2D eigenvalue weighted by Gasteiger charge is -2.25. The van der Waals surface area contributed by atoms with Crippen LogP contribution in [0.1, 0.15) is 42.7 Å². The predicted molar refractivity (Wildman–Crippen MR) is 67.0 cm³/mol. The molecule has 1 saturated carbocycles. The van der Waals surface area contributed by atoms with E-state index in [-0.39, 0.29) is 6.42 Å². The van der Waals surface area contributed by atoms with Crippen molar-refractivity contribution < 1.29 is 9.90 Å². The van der Waals surface area contributed by atoms with Gasteiger partial charge in [0.2, 0.25) is 0 Å². The summed E-state index contributed by atoms with van der Waals surface area (Å²) >= 11 is 0. The topological polar surface area (TPSA) is 49.3 Å². The molecule has 3 nitrogen and oxygen atoms in total. The van der Waals surface area contributed by atoms with Gasteiger partial charge < -0.3 is 10.4 Å². The molecule has 1 aromatic rings. The maximum Gasteiger partial charge on any atom is 0.304 e. The van der Waals surface area contributed by atoms with Crippen molar-refractivity contribution in [3.05, 3.63) is 35.4 Å². The first-order valence-corrected chi connectivity index (χ1v) is 6.27. The summed E-state index contributed by atoms with van der Waals surface area (Å²) in [5.74, 6) is 0.0295. The molecule has 0 aromatic heterocycles. The van der Waals surface area contributed by atoms with Crippen LogP contribution in [-0.4, -0.2) is 17.6 Å². The summed E-state index contributed by atoms with van der Waals surface area (Å²) in [6, 6.07) is 8.69. The highest BCUT2D eigenvalue weighted by atomic mass is 16.4. The van der Waals surface area contributed by atoms with E-state index in [4.69, 9.17) is 5.11 Å². The average molecular weight is 233 g/mol. The fourth-order valence-electron chi connectivity index (χ4n) is 2.08. The fraction of sp³-hybridized carbons (Fsp3) is 0.500. The third-order valence-electron chi connectivity index (χ3n) is 3.40. The van der Waals surface area contributed by atoms with E-state index in [0.717, 1.165) is 12.5 Å². The number of carboxylic acid groups (broad SMARTS) is 1. The SMILES string of the molecule is O=C(O)CCNCc1ccc(C2CCC2)cc1. The van der Waals surface area contributed by atoms with Crippen LogP contribution in [-0.2, 0) is 11.3 Å². The molecule has 2 N–H and O–H groups in total. The van der Waals surface area contributed by atoms with Gasteiger partial charge in [-0.3, -0.25) is 4.79 Å². The molecule has 0 saturated heterocycles. The van der Waals surface area contributed by atoms with Gasteiger partial charge in [-0.1, -0.05) is 30.7 Å². The van der Waals surface area contributed by atoms with E-state index >= 15 is 0 Å². The molecule has 0 bridgehead atoms. The first kappa shape index (κ1) is 12.1. The Morgan fingerprint density at radius 2 is 2.00 bits per heavy atom. The van der Waals surface area contributed by atoms with E-state index in [1.165, 1.54) is 30.4 Å². The van der Waals surface area contributed by atoms with Gasteiger partial charge in [-0.15, -0.1) is 0 Å². The molecule has 0 amide bonds. The molecule has 2 rings (SSSR count). The van der Waals surface area contributed by atoms with Crippen molar-refractivity contribution in [2.45, 2.75) is 38.1 Å². The number of hydrogen-bond donors (Lipinski definition) is 2. The number of nitrogens with one attached hydrogen (secondary N) is 1. The Balaban J connectivity index is 1.75. The van der Waals surface area contributed by atoms with Crippen molar-refractivity contribution in [3.8, 4) is 0 Å². The first-order chi connectivity index (χ1) is 8.25. The van der Waals surface area contributed by atoms with Gasteiger partial charge >= 0.3 is 5.97 Å². The molecule has 17 heavy (non-hydrogen) atoms. The molecular formula is C14H19NO2. The average Bonchev–Trinajstić information content (AvgIpc) is 2.24. The molecule has 92 valence electrons. The lowest BCUT2D eigenvalue weighted by Crippen LogP contribution is -2.17. The van der Waals surface area contributed by atoms with Crippen molar-refractivity contribution in [1.82, 2.24) is 5.32 Å². The van der Waals surface area contributed by atoms with Crippen molar-refractivity contribution in [2.24, 2.45) is 0 Å². The van der Waals surface area contributed by atoms with Crippen molar-refractivity contribution in [3.63, 3.8) is 0 Å². The normalized spacial score (nSPS) is 15.5. The molecule has 1 aromatic carbocycles. The predicted octanol–water partition coefficient (Wildman–Crippen LogP) is 2.52. The van der Waals surface area contributed by atoms with Crippen LogP contribution < -0.4 is 5.32 Å². The van der Waals surface area contributed by atoms with Crippen LogP contribution in [0.4, 0.5) is 0 Å². The van der Waals surface area contributed by atoms with Crippen LogP contribution in [0.25, 0.3) is 0 Å². The molecule has 1 aliphatic carbocycles. The Kier molecular flexibility index (Phi) is 4.15. The van der Waals surface area contributed by atoms with Gasteiger partial charge in [0.15, 0.2) is 0 Å². The van der Waals surface area contributed by atoms with E-state index in [9.17, 15) is 4.79 Å². The summed E-state index contributed by atoms with van der Waals surface area (Å²) in [5.41, 5.74) is 2.67. The van der Waals surface area contributed by atoms with Crippen molar-refractivity contribution in [1.29, 1.82) is 0 Å². The molecule has 3 heteroatoms. The number of carboxylic acids is 1. The minimum Gasteiger partial charge on any atom is -0.481 e. The summed E-state index contributed by atoms with van der Waals surface area (Å²) in [4.78, 5) is 10.3. The third kappa shape index (κ3) is 3.56. The quantitative estimate of drug-likeness (QED) is 0.742. The lowest BCUT2D eigenvalue weighted by molar-refractivity contribution is -0.136. The second kappa shape index (κ2) is 5.82. The molecule has 0 radical (unpaired) electrons. The van der Waals surface area contributed by atoms with E-state index < -0.39 is 5.97 Å². The minimum atomic E-state index is -0.752. The standard InChI is InChI=1S/C14H19NO2/c16-14(17)8-9-15-10-11-4-6-13(7-5-11)12-2-1-3-12/h4-7,12,15H,1-3,8-10H2,(H,16,17). The molecule has 0 unspecified atom stereocenters. The first-order valence-electron chi connectivity index (χ1n) is 6.27. The summed E-state index contributed by atoms with van der Waals surface area (Å²) in [5, 5.41) is 11.6. The number of aliphatic carboxylic acids is 1. The molecule has 0 atom stereocenters. The van der Waals surface area contributed by atoms with Gasteiger partial charge in [-0.25, -0.2) is 0 Å². The molecule has 1 aliphatic rings. The van der Waals surface area contributed by atoms with Crippen LogP contribution in [0.2, 0.25) is 0 Å². The lowest BCUT2D eigenvalue weighted by atomic mass is 9.80. The second-order valence-electron chi connectivity index (χ2n) is 4.69. The summed E-state index contributed by atoms with van der Waals surface area (Å²) in [7, 11) is 0. The molecular weight excluding hydrogens is 214 g/mol. The Morgan fingerprint density at radius 1 is 1.29 bits per heavy atom. The Hall–Kier alpha value is -1.35. The molecule has 0 aliphatic heterocycles. The zero-order valence-electron chi connectivity index (χ0n) is 9.98. The van der Waals surface area contributed by atoms with Gasteiger partial charge in [-0.2, -0.15) is 0 Å². The zero-order valence-corrected chi connectivity index (χ0v) is 9.98. The van der Waals surface area contributed by atoms with Gasteiger partial charge in [0.05, 0.1) is 6.42 Å². The smallest absolute Gasteiger partial charge is 0.304 e. The summed E-state index contributed by atoms with van der Waals surface area (Å²) < 4.78 is 0. The summed E-state index contributed by atoms with van der Waals surface area (Å²) in [6.45, 7) is 1.28. The van der Waals surface area contributed by atoms with Crippen LogP contribution >= 0.6 is 0 Å². The van der Waals surface area contributed by atoms with Crippen LogP contribution in [0.3, 0.4) is 0 Å². The highest BCUT2D eigenvalue weighted by Crippen LogP contribution is 2.36. The van der Waals surface area contributed by atoms with E-state index in [1.807, 2.05) is 0 Å². The zero-order chi connectivity index (χ0) is 12.1. The van der Waals surface area contributed by atoms with Crippen LogP contribution in [0.15, 0.2) is 24.3 Å². The highest BCUT2D eigenvalue weighted by Gasteiger charge is 2.18. The van der Waals surface area contributed by atoms with Gasteiger partial charge in [0, 0.05) is 13.1 Å². The third-order valence-corrected chi connectivity index (χ3v) is 3.40. The number of hydrogen-bond acceptors (Lipinski definition) is 2. The van der Waals surface area contributed by atoms with Crippen molar-refractivity contribution in [2.75, 3.05) is 6.54 Å². The highest BCUT2D eigenvalue weighted by molar-refractivity contribution is 5.66. The van der Waals surface area contributed by atoms with Crippen LogP contribution in [0.5, 0.6) is 0 Å². The van der Waals surface area contributed by atoms with Crippen molar-refractivity contribution >= 4 is 5.97 Å². The van der Waals surface area contributed by atoms with Gasteiger partial charge in [0.25, 0.3) is 0 Å². The Bertz CT molecular complexity index is 368. The number of carbonyl (C=O) groups is 1. The number of benzene rings is 1. The van der Waals surface area contributed by atoms with E-state index in [2.05, 4.69) is 29.6 Å². The van der Waals surface area contributed by atoms with Gasteiger partial charge in [0.1, 0.15) is 0 Å². The van der Waals surface area contributed by atoms with E-state index in [1.54, 1.807) is 0 Å². The monoisotopic (exact) mass is 233 g/mol. The Labute approximate surface area is 102 Å². The molecule has 0 heterocycles. The maximum atomic E-state index is 10.3. The summed E-state index contributed by atoms with van der Waals surface area (Å²) in [6.07, 6.45) is 4.20. The van der Waals surface area contributed by atoms with Crippen LogP contribution in [0, 0.1) is 0 Å². The van der Waals surface area contributed by atoms with E-state index in [0.29, 0.717) is 6.54 Å². The fourth-order valence-corrected chi connectivity index (χ4v) is 2.08. The second-order valence-corrected chi connectivity index (χ2v) is 4.69. The van der Waals surface area contributed by atoms with Gasteiger partial charge in [-0.05, 0) is 29.9 Å². The number of rotatable bonds is 6. The molecule has 1 fully saturated rings.